The first-order chi connectivity index (χ1) is 9.41. The van der Waals surface area contributed by atoms with Crippen LogP contribution in [0.4, 0.5) is 0 Å². The van der Waals surface area contributed by atoms with E-state index in [4.69, 9.17) is 0 Å². The van der Waals surface area contributed by atoms with Gasteiger partial charge in [-0.1, -0.05) is 18.2 Å². The Balaban J connectivity index is 2.09. The van der Waals surface area contributed by atoms with Crippen molar-refractivity contribution in [1.29, 1.82) is 0 Å². The maximum absolute atomic E-state index is 12.4. The predicted molar refractivity (Wildman–Crippen MR) is 67.1 cm³/mol. The summed E-state index contributed by atoms with van der Waals surface area (Å²) < 4.78 is 0. The molecule has 2 heterocycles. The van der Waals surface area contributed by atoms with Crippen LogP contribution in [0.5, 0.6) is 0 Å². The van der Waals surface area contributed by atoms with Crippen LogP contribution in [-0.2, 0) is 9.59 Å². The molecule has 0 saturated carbocycles. The number of fused-ring (bicyclic) bond motifs is 3. The molecule has 7 heteroatoms. The molecule has 20 heavy (non-hydrogen) atoms. The van der Waals surface area contributed by atoms with Crippen LogP contribution in [0, 0.1) is 0 Å². The summed E-state index contributed by atoms with van der Waals surface area (Å²) in [5.41, 5.74) is -1.34. The number of hydrogen-bond acceptors (Lipinski definition) is 5. The second kappa shape index (κ2) is 4.15. The molecule has 4 unspecified atom stereocenters. The zero-order valence-corrected chi connectivity index (χ0v) is 10.9. The minimum Gasteiger partial charge on any atom is -0.394 e. The molecule has 4 atom stereocenters. The first-order valence-electron chi connectivity index (χ1n) is 6.41. The summed E-state index contributed by atoms with van der Waals surface area (Å²) in [5.74, 6) is -1.20. The third-order valence-corrected chi connectivity index (χ3v) is 4.28. The van der Waals surface area contributed by atoms with Gasteiger partial charge >= 0.3 is 0 Å². The molecular formula is C13H16N2O5. The van der Waals surface area contributed by atoms with Crippen molar-refractivity contribution in [3.05, 3.63) is 23.8 Å². The number of allylic oxidation sites excluding steroid dienone is 2. The normalized spacial score (nSPS) is 39.8. The van der Waals surface area contributed by atoms with Gasteiger partial charge in [0.1, 0.15) is 6.04 Å². The third-order valence-electron chi connectivity index (χ3n) is 4.28. The number of aliphatic hydroxyl groups is 3. The number of aliphatic hydroxyl groups excluding tert-OH is 2. The van der Waals surface area contributed by atoms with Crippen LogP contribution >= 0.6 is 0 Å². The van der Waals surface area contributed by atoms with Gasteiger partial charge in [-0.2, -0.15) is 0 Å². The first-order valence-corrected chi connectivity index (χ1v) is 6.41. The minimum absolute atomic E-state index is 0.0217. The highest BCUT2D eigenvalue weighted by atomic mass is 16.3. The van der Waals surface area contributed by atoms with Crippen molar-refractivity contribution in [2.75, 3.05) is 13.7 Å². The van der Waals surface area contributed by atoms with Crippen LogP contribution < -0.4 is 0 Å². The largest absolute Gasteiger partial charge is 0.394 e. The molecule has 0 bridgehead atoms. The van der Waals surface area contributed by atoms with Crippen LogP contribution in [0.2, 0.25) is 0 Å². The van der Waals surface area contributed by atoms with E-state index in [1.807, 2.05) is 0 Å². The maximum Gasteiger partial charge on any atom is 0.276 e. The minimum atomic E-state index is -1.97. The highest BCUT2D eigenvalue weighted by molar-refractivity contribution is 6.00. The number of piperazine rings is 1. The van der Waals surface area contributed by atoms with Gasteiger partial charge < -0.3 is 20.2 Å². The predicted octanol–water partition coefficient (Wildman–Crippen LogP) is -2.03. The first kappa shape index (κ1) is 13.3. The summed E-state index contributed by atoms with van der Waals surface area (Å²) in [7, 11) is 1.38. The number of carbonyl (C=O) groups is 2. The van der Waals surface area contributed by atoms with Gasteiger partial charge in [-0.15, -0.1) is 0 Å². The lowest BCUT2D eigenvalue weighted by Crippen LogP contribution is -2.71. The monoisotopic (exact) mass is 280 g/mol. The molecule has 2 aliphatic heterocycles. The molecule has 2 fully saturated rings. The molecule has 0 aromatic carbocycles. The number of nitrogens with zero attached hydrogens (tertiary/aromatic N) is 2. The van der Waals surface area contributed by atoms with Gasteiger partial charge in [0.15, 0.2) is 0 Å². The lowest BCUT2D eigenvalue weighted by atomic mass is 9.96. The summed E-state index contributed by atoms with van der Waals surface area (Å²) in [6.07, 6.45) is 3.85. The summed E-state index contributed by atoms with van der Waals surface area (Å²) in [5, 5.41) is 30.0. The summed E-state index contributed by atoms with van der Waals surface area (Å²) in [6.45, 7) is -0.522. The zero-order valence-electron chi connectivity index (χ0n) is 10.9. The fourth-order valence-corrected chi connectivity index (χ4v) is 3.25. The molecule has 1 aliphatic carbocycles. The Morgan fingerprint density at radius 2 is 2.15 bits per heavy atom. The maximum atomic E-state index is 12.4. The van der Waals surface area contributed by atoms with E-state index in [2.05, 4.69) is 0 Å². The molecule has 7 nitrogen and oxygen atoms in total. The molecule has 0 spiro atoms. The van der Waals surface area contributed by atoms with E-state index in [0.29, 0.717) is 5.57 Å². The number of amides is 2. The summed E-state index contributed by atoms with van der Waals surface area (Å²) in [4.78, 5) is 26.9. The van der Waals surface area contributed by atoms with E-state index in [1.165, 1.54) is 13.1 Å². The van der Waals surface area contributed by atoms with Gasteiger partial charge in [0.2, 0.25) is 5.72 Å². The van der Waals surface area contributed by atoms with Gasteiger partial charge in [-0.25, -0.2) is 0 Å². The van der Waals surface area contributed by atoms with Gasteiger partial charge in [-0.05, 0) is 5.57 Å². The Bertz CT molecular complexity index is 543. The SMILES string of the molecule is CN1C(=O)C2(O)CC3=CC=CC(O)C3N2C(=O)C1CO. The number of hydrogen-bond donors (Lipinski definition) is 3. The fraction of sp³-hybridized carbons (Fsp3) is 0.538. The van der Waals surface area contributed by atoms with Crippen LogP contribution in [0.3, 0.4) is 0 Å². The van der Waals surface area contributed by atoms with E-state index < -0.39 is 42.3 Å². The van der Waals surface area contributed by atoms with Crippen molar-refractivity contribution in [2.24, 2.45) is 0 Å². The average molecular weight is 280 g/mol. The van der Waals surface area contributed by atoms with Crippen LogP contribution in [0.25, 0.3) is 0 Å². The Labute approximate surface area is 115 Å². The lowest BCUT2D eigenvalue weighted by Gasteiger charge is -2.46. The Morgan fingerprint density at radius 3 is 2.80 bits per heavy atom. The lowest BCUT2D eigenvalue weighted by molar-refractivity contribution is -0.198. The van der Waals surface area contributed by atoms with Crippen molar-refractivity contribution in [2.45, 2.75) is 30.3 Å². The fourth-order valence-electron chi connectivity index (χ4n) is 3.25. The van der Waals surface area contributed by atoms with E-state index in [1.54, 1.807) is 12.2 Å². The van der Waals surface area contributed by atoms with E-state index in [-0.39, 0.29) is 6.42 Å². The van der Waals surface area contributed by atoms with Crippen molar-refractivity contribution in [3.8, 4) is 0 Å². The number of likely N-dealkylation sites (N-methyl/N-ethyl adjacent to an activating group) is 1. The number of carbonyl (C=O) groups excluding carboxylic acids is 2. The molecule has 2 saturated heterocycles. The number of rotatable bonds is 1. The van der Waals surface area contributed by atoms with Gasteiger partial charge in [0.05, 0.1) is 18.8 Å². The molecule has 3 N–H and O–H groups in total. The molecule has 0 aromatic heterocycles. The highest BCUT2D eigenvalue weighted by Crippen LogP contribution is 2.43. The van der Waals surface area contributed by atoms with Crippen molar-refractivity contribution in [3.63, 3.8) is 0 Å². The summed E-state index contributed by atoms with van der Waals surface area (Å²) >= 11 is 0. The van der Waals surface area contributed by atoms with Crippen molar-refractivity contribution >= 4 is 11.8 Å². The van der Waals surface area contributed by atoms with Crippen LogP contribution in [0.1, 0.15) is 6.42 Å². The van der Waals surface area contributed by atoms with E-state index >= 15 is 0 Å². The van der Waals surface area contributed by atoms with Gasteiger partial charge in [0, 0.05) is 13.5 Å². The average Bonchev–Trinajstić information content (AvgIpc) is 2.72. The highest BCUT2D eigenvalue weighted by Gasteiger charge is 2.62. The zero-order chi connectivity index (χ0) is 14.7. The Morgan fingerprint density at radius 1 is 1.45 bits per heavy atom. The molecule has 0 radical (unpaired) electrons. The standard InChI is InChI=1S/C13H16N2O5/c1-14-8(6-16)11(18)15-10-7(3-2-4-9(10)17)5-13(15,20)12(14)19/h2-4,8-10,16-17,20H,5-6H2,1H3. The van der Waals surface area contributed by atoms with Gasteiger partial charge in [0.25, 0.3) is 11.8 Å². The van der Waals surface area contributed by atoms with Crippen molar-refractivity contribution in [1.82, 2.24) is 9.80 Å². The molecule has 108 valence electrons. The molecule has 3 rings (SSSR count). The van der Waals surface area contributed by atoms with Gasteiger partial charge in [-0.3, -0.25) is 14.5 Å². The topological polar surface area (TPSA) is 101 Å². The molecule has 2 amide bonds. The second-order valence-electron chi connectivity index (χ2n) is 5.38. The quantitative estimate of drug-likeness (QED) is 0.514. The second-order valence-corrected chi connectivity index (χ2v) is 5.38. The molecule has 3 aliphatic rings. The van der Waals surface area contributed by atoms with E-state index in [9.17, 15) is 24.9 Å². The van der Waals surface area contributed by atoms with Crippen LogP contribution in [-0.4, -0.2) is 74.5 Å². The molecule has 0 aromatic rings. The summed E-state index contributed by atoms with van der Waals surface area (Å²) in [6, 6.07) is -1.77. The Hall–Kier alpha value is -1.70. The third kappa shape index (κ3) is 1.45. The Kier molecular flexibility index (Phi) is 2.75. The van der Waals surface area contributed by atoms with Crippen molar-refractivity contribution < 1.29 is 24.9 Å². The molecular weight excluding hydrogens is 264 g/mol. The van der Waals surface area contributed by atoms with Crippen LogP contribution in [0.15, 0.2) is 23.8 Å². The smallest absolute Gasteiger partial charge is 0.276 e. The van der Waals surface area contributed by atoms with E-state index in [0.717, 1.165) is 9.80 Å².